The van der Waals surface area contributed by atoms with Crippen LogP contribution in [0.15, 0.2) is 164 Å². The van der Waals surface area contributed by atoms with Crippen LogP contribution in [0.1, 0.15) is 26.4 Å². The quantitative estimate of drug-likeness (QED) is 0.177. The maximum absolute atomic E-state index is 9.01. The molecule has 0 aliphatic rings. The smallest absolute Gasteiger partial charge is 0.114 e. The highest BCUT2D eigenvalue weighted by molar-refractivity contribution is 6.22. The van der Waals surface area contributed by atoms with Crippen LogP contribution in [-0.2, 0) is 6.37 Å². The average molecular weight is 611 g/mol. The van der Waals surface area contributed by atoms with E-state index in [4.69, 9.17) is 13.7 Å². The SMILES string of the molecule is [2H]c1c([2H])c([2H])c(-c2c3ccccc3c(-c3ccc4cc(-n5c(C([2H])([2H])C([2H])([2H])[2H])nc6ccccc65)ccc4c3)c3ccc(-c4ccccc4)cc23)c([2H])c1[2H]. The molecule has 1 heterocycles. The predicted molar refractivity (Wildman–Crippen MR) is 199 cm³/mol. The first-order chi connectivity index (χ1) is 27.3. The molecular weight excluding hydrogens is 569 g/mol. The number of imidazole rings is 1. The van der Waals surface area contributed by atoms with Crippen molar-refractivity contribution in [2.45, 2.75) is 13.2 Å². The van der Waals surface area contributed by atoms with Gasteiger partial charge in [-0.3, -0.25) is 4.57 Å². The minimum Gasteiger partial charge on any atom is -0.296 e. The van der Waals surface area contributed by atoms with E-state index in [0.29, 0.717) is 22.3 Å². The molecule has 2 nitrogen and oxygen atoms in total. The second kappa shape index (κ2) is 11.1. The van der Waals surface area contributed by atoms with Crippen molar-refractivity contribution in [3.05, 3.63) is 169 Å². The minimum absolute atomic E-state index is 0.138. The molecule has 2 heteroatoms. The Labute approximate surface area is 288 Å². The monoisotopic (exact) mass is 610 g/mol. The van der Waals surface area contributed by atoms with Gasteiger partial charge in [0.15, 0.2) is 0 Å². The summed E-state index contributed by atoms with van der Waals surface area (Å²) in [5.74, 6) is -0.202. The van der Waals surface area contributed by atoms with Gasteiger partial charge in [0.1, 0.15) is 5.82 Å². The number of aromatic nitrogens is 2. The first-order valence-corrected chi connectivity index (χ1v) is 15.4. The summed E-state index contributed by atoms with van der Waals surface area (Å²) >= 11 is 0. The Balaban J connectivity index is 1.30. The van der Waals surface area contributed by atoms with E-state index in [1.807, 2.05) is 109 Å². The number of rotatable bonds is 5. The van der Waals surface area contributed by atoms with Crippen molar-refractivity contribution in [1.82, 2.24) is 9.55 Å². The van der Waals surface area contributed by atoms with Gasteiger partial charge in [0.25, 0.3) is 0 Å². The first kappa shape index (κ1) is 18.9. The second-order valence-electron chi connectivity index (χ2n) is 11.6. The van der Waals surface area contributed by atoms with Crippen LogP contribution in [0.25, 0.3) is 82.4 Å². The molecular formula is C45H32N2. The van der Waals surface area contributed by atoms with Crippen LogP contribution in [-0.4, -0.2) is 9.55 Å². The molecule has 0 N–H and O–H groups in total. The lowest BCUT2D eigenvalue weighted by Crippen LogP contribution is -2.00. The lowest BCUT2D eigenvalue weighted by atomic mass is 9.84. The first-order valence-electron chi connectivity index (χ1n) is 20.4. The number of nitrogens with zero attached hydrogens (tertiary/aromatic N) is 2. The van der Waals surface area contributed by atoms with Crippen molar-refractivity contribution in [1.29, 1.82) is 0 Å². The highest BCUT2D eigenvalue weighted by Gasteiger charge is 2.18. The Morgan fingerprint density at radius 3 is 2.09 bits per heavy atom. The van der Waals surface area contributed by atoms with Gasteiger partial charge in [-0.25, -0.2) is 4.98 Å². The van der Waals surface area contributed by atoms with Crippen LogP contribution in [0.4, 0.5) is 0 Å². The second-order valence-corrected chi connectivity index (χ2v) is 11.6. The molecule has 0 saturated heterocycles. The summed E-state index contributed by atoms with van der Waals surface area (Å²) in [6, 6.07) is 40.8. The third kappa shape index (κ3) is 4.53. The van der Waals surface area contributed by atoms with Crippen LogP contribution in [0, 0.1) is 0 Å². The van der Waals surface area contributed by atoms with Crippen LogP contribution in [0.5, 0.6) is 0 Å². The molecule has 0 saturated carbocycles. The topological polar surface area (TPSA) is 17.8 Å². The van der Waals surface area contributed by atoms with Crippen LogP contribution in [0.2, 0.25) is 0 Å². The summed E-state index contributed by atoms with van der Waals surface area (Å²) < 4.78 is 86.2. The summed E-state index contributed by atoms with van der Waals surface area (Å²) in [5.41, 5.74) is 6.03. The van der Waals surface area contributed by atoms with Crippen LogP contribution >= 0.6 is 0 Å². The van der Waals surface area contributed by atoms with Crippen LogP contribution in [0.3, 0.4) is 0 Å². The molecule has 222 valence electrons. The number of benzene rings is 8. The molecule has 0 unspecified atom stereocenters. The predicted octanol–water partition coefficient (Wildman–Crippen LogP) is 12.0. The highest BCUT2D eigenvalue weighted by atomic mass is 15.1. The standard InChI is InChI=1S/C45H32N2/c1-2-43-46-41-19-11-12-20-42(41)47(43)36-25-23-32-27-35(22-21-33(32)28-36)45-38-18-10-9-17-37(38)44(31-15-7-4-8-16-31)40-29-34(24-26-39(40)45)30-13-5-3-6-14-30/h3-29H,2H2,1H3/i1D3,2D2,4D,7D,8D,15D,16D. The van der Waals surface area contributed by atoms with Crippen molar-refractivity contribution in [2.24, 2.45) is 0 Å². The molecule has 0 spiro atoms. The van der Waals surface area contributed by atoms with E-state index in [2.05, 4.69) is 11.1 Å². The Hall–Kier alpha value is -5.99. The zero-order valence-corrected chi connectivity index (χ0v) is 25.1. The third-order valence-electron chi connectivity index (χ3n) is 8.92. The molecule has 47 heavy (non-hydrogen) atoms. The van der Waals surface area contributed by atoms with E-state index in [1.165, 1.54) is 0 Å². The average Bonchev–Trinajstić information content (AvgIpc) is 3.62. The van der Waals surface area contributed by atoms with Gasteiger partial charge >= 0.3 is 0 Å². The van der Waals surface area contributed by atoms with Gasteiger partial charge in [-0.05, 0) is 102 Å². The number of aryl methyl sites for hydroxylation is 1. The molecule has 0 aliphatic heterocycles. The normalized spacial score (nSPS) is 15.2. The van der Waals surface area contributed by atoms with Crippen molar-refractivity contribution >= 4 is 43.4 Å². The fourth-order valence-electron chi connectivity index (χ4n) is 6.84. The number of hydrogen-bond acceptors (Lipinski definition) is 1. The number of hydrogen-bond donors (Lipinski definition) is 0. The molecule has 0 fully saturated rings. The lowest BCUT2D eigenvalue weighted by molar-refractivity contribution is 0.909. The van der Waals surface area contributed by atoms with E-state index in [9.17, 15) is 0 Å². The maximum atomic E-state index is 9.01. The Morgan fingerprint density at radius 1 is 0.574 bits per heavy atom. The molecule has 0 atom stereocenters. The zero-order valence-electron chi connectivity index (χ0n) is 35.1. The van der Waals surface area contributed by atoms with E-state index >= 15 is 0 Å². The molecule has 0 bridgehead atoms. The maximum Gasteiger partial charge on any atom is 0.114 e. The Bertz CT molecular complexity index is 3070. The summed E-state index contributed by atoms with van der Waals surface area (Å²) in [6.07, 6.45) is -2.73. The summed E-state index contributed by atoms with van der Waals surface area (Å²) in [7, 11) is 0. The van der Waals surface area contributed by atoms with E-state index in [-0.39, 0.29) is 23.5 Å². The van der Waals surface area contributed by atoms with Gasteiger partial charge in [-0.15, -0.1) is 0 Å². The van der Waals surface area contributed by atoms with Crippen LogP contribution < -0.4 is 0 Å². The summed E-state index contributed by atoms with van der Waals surface area (Å²) in [5, 5.41) is 4.88. The third-order valence-corrected chi connectivity index (χ3v) is 8.92. The molecule has 8 aromatic carbocycles. The van der Waals surface area contributed by atoms with Gasteiger partial charge in [0.2, 0.25) is 0 Å². The number of para-hydroxylation sites is 2. The Morgan fingerprint density at radius 2 is 1.26 bits per heavy atom. The fraction of sp³-hybridized carbons (Fsp3) is 0.0444. The summed E-state index contributed by atoms with van der Waals surface area (Å²) in [4.78, 5) is 4.47. The fourth-order valence-corrected chi connectivity index (χ4v) is 6.84. The molecule has 9 aromatic rings. The zero-order chi connectivity index (χ0) is 40.0. The molecule has 0 aliphatic carbocycles. The molecule has 0 radical (unpaired) electrons. The molecule has 9 rings (SSSR count). The van der Waals surface area contributed by atoms with Crippen molar-refractivity contribution in [3.63, 3.8) is 0 Å². The number of fused-ring (bicyclic) bond motifs is 4. The largest absolute Gasteiger partial charge is 0.296 e. The van der Waals surface area contributed by atoms with E-state index in [0.717, 1.165) is 54.6 Å². The van der Waals surface area contributed by atoms with Gasteiger partial charge in [0.05, 0.1) is 17.9 Å². The van der Waals surface area contributed by atoms with Gasteiger partial charge in [0, 0.05) is 18.9 Å². The van der Waals surface area contributed by atoms with Gasteiger partial charge < -0.3 is 0 Å². The lowest BCUT2D eigenvalue weighted by Gasteiger charge is -2.19. The Kier molecular flexibility index (Phi) is 4.46. The van der Waals surface area contributed by atoms with Crippen molar-refractivity contribution < 1.29 is 13.7 Å². The van der Waals surface area contributed by atoms with Crippen molar-refractivity contribution in [3.8, 4) is 39.1 Å². The summed E-state index contributed by atoms with van der Waals surface area (Å²) in [6.45, 7) is -2.95. The highest BCUT2D eigenvalue weighted by Crippen LogP contribution is 2.45. The van der Waals surface area contributed by atoms with E-state index in [1.54, 1.807) is 22.8 Å². The molecule has 0 amide bonds. The van der Waals surface area contributed by atoms with E-state index < -0.39 is 31.4 Å². The molecule has 1 aromatic heterocycles. The van der Waals surface area contributed by atoms with Gasteiger partial charge in [-0.1, -0.05) is 134 Å². The minimum atomic E-state index is -2.95. The van der Waals surface area contributed by atoms with Gasteiger partial charge in [-0.2, -0.15) is 0 Å². The van der Waals surface area contributed by atoms with Crippen molar-refractivity contribution in [2.75, 3.05) is 0 Å².